The van der Waals surface area contributed by atoms with E-state index in [9.17, 15) is 9.59 Å². The minimum Gasteiger partial charge on any atom is -0.430 e. The van der Waals surface area contributed by atoms with Gasteiger partial charge in [0, 0.05) is 32.0 Å². The Bertz CT molecular complexity index is 680. The van der Waals surface area contributed by atoms with E-state index >= 15 is 0 Å². The van der Waals surface area contributed by atoms with Crippen LogP contribution in [0.2, 0.25) is 0 Å². The first-order valence-electron chi connectivity index (χ1n) is 7.21. The van der Waals surface area contributed by atoms with Crippen LogP contribution < -0.4 is 10.9 Å². The highest BCUT2D eigenvalue weighted by molar-refractivity contribution is 6.03. The standard InChI is InChI=1S/C15H17N3O4/c19-14-2-1-12(10-22-14)15(20)17-13-7-16-18(9-13)8-11-3-5-21-6-4-11/h1-2,7,9-11H,3-6,8H2,(H,17,20). The van der Waals surface area contributed by atoms with Gasteiger partial charge in [0.1, 0.15) is 6.26 Å². The summed E-state index contributed by atoms with van der Waals surface area (Å²) in [4.78, 5) is 22.9. The zero-order valence-corrected chi connectivity index (χ0v) is 12.0. The van der Waals surface area contributed by atoms with Crippen LogP contribution in [0.4, 0.5) is 5.69 Å². The zero-order chi connectivity index (χ0) is 15.4. The van der Waals surface area contributed by atoms with Crippen LogP contribution in [-0.4, -0.2) is 28.9 Å². The lowest BCUT2D eigenvalue weighted by molar-refractivity contribution is 0.0601. The summed E-state index contributed by atoms with van der Waals surface area (Å²) >= 11 is 0. The van der Waals surface area contributed by atoms with Gasteiger partial charge in [-0.25, -0.2) is 4.79 Å². The topological polar surface area (TPSA) is 86.4 Å². The summed E-state index contributed by atoms with van der Waals surface area (Å²) in [6.45, 7) is 2.42. The second kappa shape index (κ2) is 6.57. The number of carbonyl (C=O) groups is 1. The molecule has 22 heavy (non-hydrogen) atoms. The first-order chi connectivity index (χ1) is 10.7. The van der Waals surface area contributed by atoms with Gasteiger partial charge in [-0.15, -0.1) is 0 Å². The molecule has 1 N–H and O–H groups in total. The van der Waals surface area contributed by atoms with Crippen molar-refractivity contribution in [3.05, 3.63) is 46.8 Å². The molecule has 1 saturated heterocycles. The number of amides is 1. The second-order valence-electron chi connectivity index (χ2n) is 5.30. The maximum atomic E-state index is 12.0. The lowest BCUT2D eigenvalue weighted by Gasteiger charge is -2.21. The highest BCUT2D eigenvalue weighted by atomic mass is 16.5. The first kappa shape index (κ1) is 14.5. The van der Waals surface area contributed by atoms with Gasteiger partial charge in [-0.05, 0) is 24.8 Å². The van der Waals surface area contributed by atoms with Gasteiger partial charge >= 0.3 is 5.63 Å². The number of rotatable bonds is 4. The fraction of sp³-hybridized carbons (Fsp3) is 0.400. The minimum absolute atomic E-state index is 0.289. The van der Waals surface area contributed by atoms with Crippen LogP contribution >= 0.6 is 0 Å². The number of carbonyl (C=O) groups excluding carboxylic acids is 1. The highest BCUT2D eigenvalue weighted by Crippen LogP contribution is 2.17. The molecule has 1 amide bonds. The Morgan fingerprint density at radius 3 is 2.91 bits per heavy atom. The monoisotopic (exact) mass is 303 g/mol. The number of nitrogens with one attached hydrogen (secondary N) is 1. The molecule has 0 bridgehead atoms. The van der Waals surface area contributed by atoms with Crippen molar-refractivity contribution in [2.24, 2.45) is 5.92 Å². The van der Waals surface area contributed by atoms with Crippen molar-refractivity contribution in [2.45, 2.75) is 19.4 Å². The summed E-state index contributed by atoms with van der Waals surface area (Å²) in [6.07, 6.45) is 6.61. The molecule has 116 valence electrons. The summed E-state index contributed by atoms with van der Waals surface area (Å²) in [5.74, 6) is 0.218. The van der Waals surface area contributed by atoms with Gasteiger partial charge in [-0.2, -0.15) is 5.10 Å². The van der Waals surface area contributed by atoms with E-state index in [1.54, 1.807) is 12.4 Å². The zero-order valence-electron chi connectivity index (χ0n) is 12.0. The predicted molar refractivity (Wildman–Crippen MR) is 78.7 cm³/mol. The predicted octanol–water partition coefficient (Wildman–Crippen LogP) is 1.52. The Balaban J connectivity index is 1.60. The normalized spacial score (nSPS) is 15.6. The van der Waals surface area contributed by atoms with Crippen LogP contribution in [0.3, 0.4) is 0 Å². The smallest absolute Gasteiger partial charge is 0.335 e. The molecular formula is C15H17N3O4. The molecule has 1 fully saturated rings. The van der Waals surface area contributed by atoms with Crippen molar-refractivity contribution >= 4 is 11.6 Å². The molecule has 1 aliphatic rings. The largest absolute Gasteiger partial charge is 0.430 e. The molecule has 0 aliphatic carbocycles. The lowest BCUT2D eigenvalue weighted by Crippen LogP contribution is -2.20. The molecular weight excluding hydrogens is 286 g/mol. The molecule has 1 aliphatic heterocycles. The minimum atomic E-state index is -0.485. The fourth-order valence-electron chi connectivity index (χ4n) is 2.41. The number of hydrogen-bond acceptors (Lipinski definition) is 5. The summed E-state index contributed by atoms with van der Waals surface area (Å²) in [6, 6.07) is 2.64. The van der Waals surface area contributed by atoms with Crippen molar-refractivity contribution in [3.8, 4) is 0 Å². The molecule has 0 radical (unpaired) electrons. The Kier molecular flexibility index (Phi) is 4.34. The maximum Gasteiger partial charge on any atom is 0.335 e. The van der Waals surface area contributed by atoms with E-state index in [0.717, 1.165) is 38.9 Å². The van der Waals surface area contributed by atoms with Crippen LogP contribution in [0.15, 0.2) is 40.0 Å². The lowest BCUT2D eigenvalue weighted by atomic mass is 10.0. The van der Waals surface area contributed by atoms with Gasteiger partial charge in [0.25, 0.3) is 5.91 Å². The Morgan fingerprint density at radius 2 is 2.18 bits per heavy atom. The molecule has 2 aromatic rings. The second-order valence-corrected chi connectivity index (χ2v) is 5.30. The average Bonchev–Trinajstić information content (AvgIpc) is 2.96. The highest BCUT2D eigenvalue weighted by Gasteiger charge is 2.15. The molecule has 7 nitrogen and oxygen atoms in total. The number of ether oxygens (including phenoxy) is 1. The van der Waals surface area contributed by atoms with Crippen LogP contribution in [0.5, 0.6) is 0 Å². The first-order valence-corrected chi connectivity index (χ1v) is 7.21. The number of nitrogens with zero attached hydrogens (tertiary/aromatic N) is 2. The van der Waals surface area contributed by atoms with E-state index in [1.165, 1.54) is 12.1 Å². The molecule has 7 heteroatoms. The van der Waals surface area contributed by atoms with Gasteiger partial charge in [-0.3, -0.25) is 9.48 Å². The van der Waals surface area contributed by atoms with Gasteiger partial charge < -0.3 is 14.5 Å². The van der Waals surface area contributed by atoms with Crippen molar-refractivity contribution < 1.29 is 13.9 Å². The third kappa shape index (κ3) is 3.62. The summed E-state index contributed by atoms with van der Waals surface area (Å²) in [5, 5.41) is 6.99. The molecule has 0 saturated carbocycles. The Morgan fingerprint density at radius 1 is 1.36 bits per heavy atom. The van der Waals surface area contributed by atoms with Crippen molar-refractivity contribution in [2.75, 3.05) is 18.5 Å². The van der Waals surface area contributed by atoms with Crippen LogP contribution in [0.25, 0.3) is 0 Å². The van der Waals surface area contributed by atoms with E-state index in [2.05, 4.69) is 14.8 Å². The number of aromatic nitrogens is 2. The van der Waals surface area contributed by atoms with Gasteiger partial charge in [0.05, 0.1) is 17.4 Å². The van der Waals surface area contributed by atoms with Crippen LogP contribution in [0.1, 0.15) is 23.2 Å². The van der Waals surface area contributed by atoms with E-state index < -0.39 is 5.63 Å². The Labute approximate surface area is 126 Å². The quantitative estimate of drug-likeness (QED) is 0.925. The third-order valence-corrected chi connectivity index (χ3v) is 3.64. The van der Waals surface area contributed by atoms with E-state index in [4.69, 9.17) is 4.74 Å². The number of anilines is 1. The molecule has 0 spiro atoms. The third-order valence-electron chi connectivity index (χ3n) is 3.64. The SMILES string of the molecule is O=C(Nc1cnn(CC2CCOCC2)c1)c1ccc(=O)oc1. The van der Waals surface area contributed by atoms with Gasteiger partial charge in [0.2, 0.25) is 0 Å². The van der Waals surface area contributed by atoms with Crippen molar-refractivity contribution in [3.63, 3.8) is 0 Å². The Hall–Kier alpha value is -2.41. The molecule has 3 rings (SSSR count). The van der Waals surface area contributed by atoms with E-state index in [1.807, 2.05) is 4.68 Å². The summed E-state index contributed by atoms with van der Waals surface area (Å²) in [5.41, 5.74) is 0.417. The summed E-state index contributed by atoms with van der Waals surface area (Å²) < 4.78 is 11.8. The maximum absolute atomic E-state index is 12.0. The fourth-order valence-corrected chi connectivity index (χ4v) is 2.41. The number of hydrogen-bond donors (Lipinski definition) is 1. The molecule has 2 aromatic heterocycles. The van der Waals surface area contributed by atoms with E-state index in [-0.39, 0.29) is 11.5 Å². The van der Waals surface area contributed by atoms with Crippen molar-refractivity contribution in [1.29, 1.82) is 0 Å². The van der Waals surface area contributed by atoms with Gasteiger partial charge in [-0.1, -0.05) is 0 Å². The average molecular weight is 303 g/mol. The molecule has 0 unspecified atom stereocenters. The molecule has 3 heterocycles. The van der Waals surface area contributed by atoms with Crippen molar-refractivity contribution in [1.82, 2.24) is 9.78 Å². The summed E-state index contributed by atoms with van der Waals surface area (Å²) in [7, 11) is 0. The molecule has 0 aromatic carbocycles. The van der Waals surface area contributed by atoms with Gasteiger partial charge in [0.15, 0.2) is 0 Å². The van der Waals surface area contributed by atoms with Crippen LogP contribution in [-0.2, 0) is 11.3 Å². The van der Waals surface area contributed by atoms with Crippen LogP contribution in [0, 0.1) is 5.92 Å². The van der Waals surface area contributed by atoms with E-state index in [0.29, 0.717) is 11.6 Å². The molecule has 0 atom stereocenters.